The summed E-state index contributed by atoms with van der Waals surface area (Å²) < 4.78 is 13.1. The molecule has 0 aliphatic rings. The topological polar surface area (TPSA) is 85.1 Å². The van der Waals surface area contributed by atoms with Crippen molar-refractivity contribution in [3.05, 3.63) is 59.5 Å². The van der Waals surface area contributed by atoms with E-state index in [9.17, 15) is 0 Å². The molecule has 0 radical (unpaired) electrons. The van der Waals surface area contributed by atoms with Crippen molar-refractivity contribution in [2.75, 3.05) is 33.4 Å². The molecule has 0 spiro atoms. The summed E-state index contributed by atoms with van der Waals surface area (Å²) in [5.41, 5.74) is 3.12. The van der Waals surface area contributed by atoms with Crippen molar-refractivity contribution < 1.29 is 9.47 Å². The molecule has 0 atom stereocenters. The van der Waals surface area contributed by atoms with E-state index in [0.29, 0.717) is 19.8 Å². The predicted molar refractivity (Wildman–Crippen MR) is 127 cm³/mol. The van der Waals surface area contributed by atoms with Gasteiger partial charge in [0.25, 0.3) is 0 Å². The van der Waals surface area contributed by atoms with Crippen LogP contribution in [0.3, 0.4) is 0 Å². The van der Waals surface area contributed by atoms with Crippen LogP contribution < -0.4 is 15.4 Å². The first-order chi connectivity index (χ1) is 15.7. The minimum absolute atomic E-state index is 0.546. The van der Waals surface area contributed by atoms with Gasteiger partial charge in [0.05, 0.1) is 13.2 Å². The first-order valence-corrected chi connectivity index (χ1v) is 11.2. The second-order valence-electron chi connectivity index (χ2n) is 7.58. The molecule has 2 N–H and O–H groups in total. The Balaban J connectivity index is 1.54. The molecule has 3 aromatic rings. The van der Waals surface area contributed by atoms with Crippen molar-refractivity contribution in [1.82, 2.24) is 25.2 Å². The summed E-state index contributed by atoms with van der Waals surface area (Å²) in [5.74, 6) is 2.66. The average molecular weight is 439 g/mol. The number of hydrogen-bond donors (Lipinski definition) is 2. The largest absolute Gasteiger partial charge is 0.493 e. The van der Waals surface area contributed by atoms with E-state index in [2.05, 4.69) is 52.9 Å². The highest BCUT2D eigenvalue weighted by molar-refractivity contribution is 5.79. The Morgan fingerprint density at radius 2 is 2.00 bits per heavy atom. The Kier molecular flexibility index (Phi) is 9.31. The molecule has 1 aromatic carbocycles. The number of nitrogens with one attached hydrogen (secondary N) is 2. The van der Waals surface area contributed by atoms with Crippen molar-refractivity contribution in [3.63, 3.8) is 0 Å². The van der Waals surface area contributed by atoms with Gasteiger partial charge < -0.3 is 20.1 Å². The Hall–Kier alpha value is -3.13. The monoisotopic (exact) mass is 438 g/mol. The number of methoxy groups -OCH3 is 1. The summed E-state index contributed by atoms with van der Waals surface area (Å²) in [5, 5.41) is 15.2. The summed E-state index contributed by atoms with van der Waals surface area (Å²) in [7, 11) is 1.70. The number of benzene rings is 1. The fraction of sp³-hybridized carbons (Fsp3) is 0.458. The molecular formula is C24H34N6O2. The maximum absolute atomic E-state index is 5.98. The number of aryl methyl sites for hydroxylation is 2. The number of fused-ring (bicyclic) bond motifs is 1. The zero-order valence-corrected chi connectivity index (χ0v) is 19.3. The zero-order chi connectivity index (χ0) is 22.6. The molecule has 0 saturated heterocycles. The first-order valence-electron chi connectivity index (χ1n) is 11.2. The first kappa shape index (κ1) is 23.5. The lowest BCUT2D eigenvalue weighted by Crippen LogP contribution is -2.37. The summed E-state index contributed by atoms with van der Waals surface area (Å²) in [6.07, 6.45) is 4.63. The van der Waals surface area contributed by atoms with Gasteiger partial charge >= 0.3 is 0 Å². The standard InChI is InChI=1S/C24H34N6O2/c1-4-25-24(26-13-7-10-23-29-28-22-9-5-6-14-30(22)23)27-18-20-12-11-19(2)17-21(20)32-16-8-15-31-3/h5-6,9,11-12,14,17H,4,7-8,10,13,15-16,18H2,1-3H3,(H2,25,26,27). The fourth-order valence-electron chi connectivity index (χ4n) is 3.33. The number of guanidine groups is 1. The number of aromatic nitrogens is 3. The van der Waals surface area contributed by atoms with E-state index in [0.717, 1.165) is 61.1 Å². The highest BCUT2D eigenvalue weighted by atomic mass is 16.5. The van der Waals surface area contributed by atoms with E-state index in [1.807, 2.05) is 28.8 Å². The van der Waals surface area contributed by atoms with Crippen molar-refractivity contribution >= 4 is 11.6 Å². The fourth-order valence-corrected chi connectivity index (χ4v) is 3.33. The Morgan fingerprint density at radius 1 is 1.09 bits per heavy atom. The molecule has 3 rings (SSSR count). The van der Waals surface area contributed by atoms with Crippen LogP contribution in [0, 0.1) is 6.92 Å². The van der Waals surface area contributed by atoms with Gasteiger partial charge in [-0.2, -0.15) is 0 Å². The lowest BCUT2D eigenvalue weighted by atomic mass is 10.1. The van der Waals surface area contributed by atoms with Crippen LogP contribution in [0.25, 0.3) is 5.65 Å². The van der Waals surface area contributed by atoms with Gasteiger partial charge in [0, 0.05) is 51.4 Å². The quantitative estimate of drug-likeness (QED) is 0.257. The highest BCUT2D eigenvalue weighted by Crippen LogP contribution is 2.21. The van der Waals surface area contributed by atoms with E-state index < -0.39 is 0 Å². The van der Waals surface area contributed by atoms with Crippen LogP contribution in [-0.2, 0) is 17.7 Å². The second kappa shape index (κ2) is 12.7. The Labute approximate surface area is 190 Å². The van der Waals surface area contributed by atoms with Gasteiger partial charge in [-0.3, -0.25) is 4.40 Å². The van der Waals surface area contributed by atoms with E-state index in [-0.39, 0.29) is 0 Å². The normalized spacial score (nSPS) is 11.7. The summed E-state index contributed by atoms with van der Waals surface area (Å²) >= 11 is 0. The molecule has 0 bridgehead atoms. The van der Waals surface area contributed by atoms with Crippen LogP contribution in [0.5, 0.6) is 5.75 Å². The number of ether oxygens (including phenoxy) is 2. The van der Waals surface area contributed by atoms with Crippen molar-refractivity contribution in [1.29, 1.82) is 0 Å². The molecule has 0 fully saturated rings. The molecule has 8 nitrogen and oxygen atoms in total. The van der Waals surface area contributed by atoms with Crippen molar-refractivity contribution in [2.45, 2.75) is 39.7 Å². The molecule has 172 valence electrons. The Morgan fingerprint density at radius 3 is 2.84 bits per heavy atom. The van der Waals surface area contributed by atoms with Gasteiger partial charge in [-0.15, -0.1) is 10.2 Å². The Bertz CT molecular complexity index is 1000. The summed E-state index contributed by atoms with van der Waals surface area (Å²) in [6, 6.07) is 12.2. The number of hydrogen-bond acceptors (Lipinski definition) is 5. The van der Waals surface area contributed by atoms with Crippen LogP contribution in [0.15, 0.2) is 47.6 Å². The maximum Gasteiger partial charge on any atom is 0.191 e. The van der Waals surface area contributed by atoms with Gasteiger partial charge in [0.2, 0.25) is 0 Å². The summed E-state index contributed by atoms with van der Waals surface area (Å²) in [4.78, 5) is 4.76. The molecule has 0 amide bonds. The predicted octanol–water partition coefficient (Wildman–Crippen LogP) is 3.14. The van der Waals surface area contributed by atoms with Crippen LogP contribution in [0.4, 0.5) is 0 Å². The van der Waals surface area contributed by atoms with Gasteiger partial charge in [-0.1, -0.05) is 18.2 Å². The van der Waals surface area contributed by atoms with E-state index in [1.165, 1.54) is 5.56 Å². The third-order valence-corrected chi connectivity index (χ3v) is 4.98. The summed E-state index contributed by atoms with van der Waals surface area (Å²) in [6.45, 7) is 7.60. The number of nitrogens with zero attached hydrogens (tertiary/aromatic N) is 4. The SMILES string of the molecule is CCNC(=NCc1ccc(C)cc1OCCCOC)NCCCc1nnc2ccccn12. The maximum atomic E-state index is 5.98. The molecule has 0 aliphatic heterocycles. The van der Waals surface area contributed by atoms with Crippen molar-refractivity contribution in [3.8, 4) is 5.75 Å². The van der Waals surface area contributed by atoms with Gasteiger partial charge in [-0.05, 0) is 44.0 Å². The number of pyridine rings is 1. The average Bonchev–Trinajstić information content (AvgIpc) is 3.22. The third-order valence-electron chi connectivity index (χ3n) is 4.98. The molecule has 8 heteroatoms. The van der Waals surface area contributed by atoms with Crippen LogP contribution >= 0.6 is 0 Å². The van der Waals surface area contributed by atoms with Gasteiger partial charge in [0.1, 0.15) is 11.6 Å². The smallest absolute Gasteiger partial charge is 0.191 e. The highest BCUT2D eigenvalue weighted by Gasteiger charge is 2.07. The lowest BCUT2D eigenvalue weighted by Gasteiger charge is -2.13. The minimum atomic E-state index is 0.546. The second-order valence-corrected chi connectivity index (χ2v) is 7.58. The van der Waals surface area contributed by atoms with Crippen LogP contribution in [0.2, 0.25) is 0 Å². The zero-order valence-electron chi connectivity index (χ0n) is 19.3. The molecule has 0 saturated carbocycles. The van der Waals surface area contributed by atoms with E-state index in [4.69, 9.17) is 14.5 Å². The molecule has 0 aliphatic carbocycles. The van der Waals surface area contributed by atoms with E-state index in [1.54, 1.807) is 7.11 Å². The number of rotatable bonds is 12. The molecular weight excluding hydrogens is 404 g/mol. The number of aliphatic imine (C=N–C) groups is 1. The third kappa shape index (κ3) is 6.95. The van der Waals surface area contributed by atoms with Gasteiger partial charge in [-0.25, -0.2) is 4.99 Å². The van der Waals surface area contributed by atoms with Crippen LogP contribution in [-0.4, -0.2) is 54.0 Å². The van der Waals surface area contributed by atoms with Crippen molar-refractivity contribution in [2.24, 2.45) is 4.99 Å². The lowest BCUT2D eigenvalue weighted by molar-refractivity contribution is 0.172. The molecule has 0 unspecified atom stereocenters. The molecule has 32 heavy (non-hydrogen) atoms. The molecule has 2 heterocycles. The van der Waals surface area contributed by atoms with E-state index >= 15 is 0 Å². The molecule has 2 aromatic heterocycles. The van der Waals surface area contributed by atoms with Gasteiger partial charge in [0.15, 0.2) is 11.6 Å². The minimum Gasteiger partial charge on any atom is -0.493 e. The van der Waals surface area contributed by atoms with Crippen LogP contribution in [0.1, 0.15) is 36.7 Å².